The standard InChI is InChI=1S/C10H20O3/c1-9(2)10(11)13-8-6-4-5-7-12-3/h9H,4-8H2,1-3H3. The van der Waals surface area contributed by atoms with Crippen molar-refractivity contribution in [2.45, 2.75) is 33.1 Å². The van der Waals surface area contributed by atoms with Crippen molar-refractivity contribution in [3.63, 3.8) is 0 Å². The fraction of sp³-hybridized carbons (Fsp3) is 0.900. The molecule has 0 N–H and O–H groups in total. The number of esters is 1. The van der Waals surface area contributed by atoms with Crippen LogP contribution in [0.3, 0.4) is 0 Å². The molecule has 0 aliphatic carbocycles. The number of carbonyl (C=O) groups is 1. The van der Waals surface area contributed by atoms with E-state index in [1.54, 1.807) is 7.11 Å². The van der Waals surface area contributed by atoms with Crippen LogP contribution in [0.1, 0.15) is 33.1 Å². The van der Waals surface area contributed by atoms with Crippen LogP contribution in [0.2, 0.25) is 0 Å². The first-order chi connectivity index (χ1) is 6.18. The molecule has 0 spiro atoms. The summed E-state index contributed by atoms with van der Waals surface area (Å²) in [5.41, 5.74) is 0. The van der Waals surface area contributed by atoms with Gasteiger partial charge in [0.05, 0.1) is 12.5 Å². The number of rotatable bonds is 7. The minimum atomic E-state index is -0.105. The summed E-state index contributed by atoms with van der Waals surface area (Å²) in [6.07, 6.45) is 3.02. The van der Waals surface area contributed by atoms with Gasteiger partial charge in [0.25, 0.3) is 0 Å². The smallest absolute Gasteiger partial charge is 0.308 e. The minimum Gasteiger partial charge on any atom is -0.465 e. The zero-order chi connectivity index (χ0) is 10.1. The Morgan fingerprint density at radius 1 is 1.15 bits per heavy atom. The number of hydrogen-bond acceptors (Lipinski definition) is 3. The molecule has 0 aromatic rings. The second-order valence-electron chi connectivity index (χ2n) is 3.38. The number of unbranched alkanes of at least 4 members (excludes halogenated alkanes) is 2. The third kappa shape index (κ3) is 7.78. The lowest BCUT2D eigenvalue weighted by Crippen LogP contribution is -2.12. The van der Waals surface area contributed by atoms with E-state index < -0.39 is 0 Å². The van der Waals surface area contributed by atoms with Gasteiger partial charge in [-0.05, 0) is 19.3 Å². The zero-order valence-electron chi connectivity index (χ0n) is 8.84. The molecule has 0 atom stereocenters. The highest BCUT2D eigenvalue weighted by atomic mass is 16.5. The first kappa shape index (κ1) is 12.4. The topological polar surface area (TPSA) is 35.5 Å². The SMILES string of the molecule is COCCCCCOC(=O)C(C)C. The van der Waals surface area contributed by atoms with Crippen LogP contribution in [0.4, 0.5) is 0 Å². The van der Waals surface area contributed by atoms with Crippen LogP contribution >= 0.6 is 0 Å². The van der Waals surface area contributed by atoms with E-state index in [1.807, 2.05) is 13.8 Å². The summed E-state index contributed by atoms with van der Waals surface area (Å²) in [5, 5.41) is 0. The zero-order valence-corrected chi connectivity index (χ0v) is 8.84. The minimum absolute atomic E-state index is 0.0148. The van der Waals surface area contributed by atoms with Crippen LogP contribution in [0.5, 0.6) is 0 Å². The van der Waals surface area contributed by atoms with Crippen LogP contribution in [-0.2, 0) is 14.3 Å². The summed E-state index contributed by atoms with van der Waals surface area (Å²) in [6.45, 7) is 5.01. The summed E-state index contributed by atoms with van der Waals surface area (Å²) < 4.78 is 9.90. The average molecular weight is 188 g/mol. The molecule has 0 rings (SSSR count). The summed E-state index contributed by atoms with van der Waals surface area (Å²) in [6, 6.07) is 0. The molecule has 0 heterocycles. The fourth-order valence-electron chi connectivity index (χ4n) is 0.865. The van der Waals surface area contributed by atoms with Crippen LogP contribution in [0, 0.1) is 5.92 Å². The predicted molar refractivity (Wildman–Crippen MR) is 51.5 cm³/mol. The van der Waals surface area contributed by atoms with E-state index in [1.165, 1.54) is 0 Å². The Bertz CT molecular complexity index is 132. The number of ether oxygens (including phenoxy) is 2. The molecule has 0 unspecified atom stereocenters. The molecule has 0 amide bonds. The summed E-state index contributed by atoms with van der Waals surface area (Å²) in [7, 11) is 1.69. The first-order valence-electron chi connectivity index (χ1n) is 4.84. The Kier molecular flexibility index (Phi) is 7.69. The molecule has 0 bridgehead atoms. The van der Waals surface area contributed by atoms with E-state index in [2.05, 4.69) is 0 Å². The van der Waals surface area contributed by atoms with Gasteiger partial charge in [-0.2, -0.15) is 0 Å². The highest BCUT2D eigenvalue weighted by Gasteiger charge is 2.06. The van der Waals surface area contributed by atoms with Gasteiger partial charge in [0, 0.05) is 13.7 Å². The molecule has 3 nitrogen and oxygen atoms in total. The van der Waals surface area contributed by atoms with Crippen molar-refractivity contribution in [3.05, 3.63) is 0 Å². The second-order valence-corrected chi connectivity index (χ2v) is 3.38. The van der Waals surface area contributed by atoms with Gasteiger partial charge in [0.1, 0.15) is 0 Å². The lowest BCUT2D eigenvalue weighted by molar-refractivity contribution is -0.147. The molecule has 0 saturated heterocycles. The molecular weight excluding hydrogens is 168 g/mol. The molecule has 0 fully saturated rings. The maximum atomic E-state index is 11.0. The van der Waals surface area contributed by atoms with Gasteiger partial charge in [0.15, 0.2) is 0 Å². The summed E-state index contributed by atoms with van der Waals surface area (Å²) in [5.74, 6) is -0.120. The first-order valence-corrected chi connectivity index (χ1v) is 4.84. The van der Waals surface area contributed by atoms with Crippen molar-refractivity contribution in [2.24, 2.45) is 5.92 Å². The lowest BCUT2D eigenvalue weighted by Gasteiger charge is -2.06. The predicted octanol–water partition coefficient (Wildman–Crippen LogP) is 2.00. The average Bonchev–Trinajstić information content (AvgIpc) is 2.10. The van der Waals surface area contributed by atoms with Crippen LogP contribution < -0.4 is 0 Å². The monoisotopic (exact) mass is 188 g/mol. The van der Waals surface area contributed by atoms with E-state index in [-0.39, 0.29) is 11.9 Å². The largest absolute Gasteiger partial charge is 0.465 e. The summed E-state index contributed by atoms with van der Waals surface area (Å²) >= 11 is 0. The van der Waals surface area contributed by atoms with Gasteiger partial charge in [-0.3, -0.25) is 4.79 Å². The van der Waals surface area contributed by atoms with E-state index >= 15 is 0 Å². The van der Waals surface area contributed by atoms with Gasteiger partial charge in [-0.25, -0.2) is 0 Å². The lowest BCUT2D eigenvalue weighted by atomic mass is 10.2. The molecule has 0 aromatic heterocycles. The van der Waals surface area contributed by atoms with Crippen LogP contribution in [0.25, 0.3) is 0 Å². The second kappa shape index (κ2) is 8.05. The van der Waals surface area contributed by atoms with Crippen molar-refractivity contribution in [3.8, 4) is 0 Å². The van der Waals surface area contributed by atoms with Crippen LogP contribution in [0.15, 0.2) is 0 Å². The van der Waals surface area contributed by atoms with Crippen molar-refractivity contribution >= 4 is 5.97 Å². The quantitative estimate of drug-likeness (QED) is 0.453. The van der Waals surface area contributed by atoms with Crippen molar-refractivity contribution < 1.29 is 14.3 Å². The number of carbonyl (C=O) groups excluding carboxylic acids is 1. The Balaban J connectivity index is 3.12. The van der Waals surface area contributed by atoms with Gasteiger partial charge >= 0.3 is 5.97 Å². The highest BCUT2D eigenvalue weighted by Crippen LogP contribution is 2.00. The molecular formula is C10H20O3. The maximum absolute atomic E-state index is 11.0. The molecule has 0 radical (unpaired) electrons. The van der Waals surface area contributed by atoms with Crippen LogP contribution in [-0.4, -0.2) is 26.3 Å². The Labute approximate surface area is 80.4 Å². The highest BCUT2D eigenvalue weighted by molar-refractivity contribution is 5.71. The molecule has 0 aliphatic heterocycles. The molecule has 0 saturated carbocycles. The van der Waals surface area contributed by atoms with Gasteiger partial charge < -0.3 is 9.47 Å². The van der Waals surface area contributed by atoms with E-state index in [0.717, 1.165) is 25.9 Å². The molecule has 78 valence electrons. The Morgan fingerprint density at radius 2 is 1.77 bits per heavy atom. The van der Waals surface area contributed by atoms with Gasteiger partial charge in [-0.15, -0.1) is 0 Å². The van der Waals surface area contributed by atoms with Gasteiger partial charge in [0.2, 0.25) is 0 Å². The summed E-state index contributed by atoms with van der Waals surface area (Å²) in [4.78, 5) is 11.0. The van der Waals surface area contributed by atoms with E-state index in [4.69, 9.17) is 9.47 Å². The Morgan fingerprint density at radius 3 is 2.31 bits per heavy atom. The third-order valence-electron chi connectivity index (χ3n) is 1.71. The van der Waals surface area contributed by atoms with Crippen molar-refractivity contribution in [2.75, 3.05) is 20.3 Å². The van der Waals surface area contributed by atoms with Gasteiger partial charge in [-0.1, -0.05) is 13.8 Å². The van der Waals surface area contributed by atoms with E-state index in [0.29, 0.717) is 6.61 Å². The fourth-order valence-corrected chi connectivity index (χ4v) is 0.865. The Hall–Kier alpha value is -0.570. The number of hydrogen-bond donors (Lipinski definition) is 0. The normalized spacial score (nSPS) is 10.5. The molecule has 3 heteroatoms. The van der Waals surface area contributed by atoms with E-state index in [9.17, 15) is 4.79 Å². The molecule has 0 aromatic carbocycles. The third-order valence-corrected chi connectivity index (χ3v) is 1.71. The van der Waals surface area contributed by atoms with Crippen molar-refractivity contribution in [1.82, 2.24) is 0 Å². The number of methoxy groups -OCH3 is 1. The maximum Gasteiger partial charge on any atom is 0.308 e. The van der Waals surface area contributed by atoms with Crippen molar-refractivity contribution in [1.29, 1.82) is 0 Å². The molecule has 13 heavy (non-hydrogen) atoms. The molecule has 0 aliphatic rings.